The third-order valence-corrected chi connectivity index (χ3v) is 8.05. The lowest BCUT2D eigenvalue weighted by atomic mass is 10.2. The van der Waals surface area contributed by atoms with E-state index in [1.165, 1.54) is 0 Å². The molecule has 2 atom stereocenters. The molecule has 0 amide bonds. The van der Waals surface area contributed by atoms with E-state index >= 15 is 0 Å². The molecule has 0 saturated carbocycles. The quantitative estimate of drug-likeness (QED) is 0.778. The predicted octanol–water partition coefficient (Wildman–Crippen LogP) is 0.964. The Bertz CT molecular complexity index is 736. The summed E-state index contributed by atoms with van der Waals surface area (Å²) < 4.78 is 49.3. The third kappa shape index (κ3) is 3.59. The molecule has 1 N–H and O–H groups in total. The van der Waals surface area contributed by atoms with Gasteiger partial charge < -0.3 is 5.32 Å². The molecule has 1 aliphatic heterocycles. The van der Waals surface area contributed by atoms with Gasteiger partial charge in [-0.3, -0.25) is 0 Å². The lowest BCUT2D eigenvalue weighted by Gasteiger charge is -2.19. The molecule has 7 heteroatoms. The van der Waals surface area contributed by atoms with Gasteiger partial charge in [0.2, 0.25) is 0 Å². The van der Waals surface area contributed by atoms with Gasteiger partial charge in [-0.2, -0.15) is 0 Å². The van der Waals surface area contributed by atoms with Gasteiger partial charge >= 0.3 is 0 Å². The van der Waals surface area contributed by atoms with Gasteiger partial charge in [-0.25, -0.2) is 16.8 Å². The molecule has 22 heavy (non-hydrogen) atoms. The van der Waals surface area contributed by atoms with Crippen LogP contribution in [0.15, 0.2) is 41.8 Å². The van der Waals surface area contributed by atoms with Crippen molar-refractivity contribution in [3.8, 4) is 0 Å². The zero-order valence-corrected chi connectivity index (χ0v) is 14.2. The van der Waals surface area contributed by atoms with Gasteiger partial charge in [0.15, 0.2) is 19.7 Å². The van der Waals surface area contributed by atoms with E-state index in [-0.39, 0.29) is 16.4 Å². The van der Waals surface area contributed by atoms with Crippen molar-refractivity contribution in [1.29, 1.82) is 0 Å². The fourth-order valence-corrected chi connectivity index (χ4v) is 7.35. The number of rotatable bonds is 6. The van der Waals surface area contributed by atoms with Crippen LogP contribution in [0.3, 0.4) is 0 Å². The Morgan fingerprint density at radius 2 is 1.91 bits per heavy atom. The van der Waals surface area contributed by atoms with Crippen LogP contribution in [0.2, 0.25) is 0 Å². The van der Waals surface area contributed by atoms with Crippen molar-refractivity contribution in [2.75, 3.05) is 18.1 Å². The number of sulfone groups is 2. The van der Waals surface area contributed by atoms with Gasteiger partial charge in [-0.15, -0.1) is 6.58 Å². The highest BCUT2D eigenvalue weighted by molar-refractivity contribution is 7.96. The lowest BCUT2D eigenvalue weighted by Crippen LogP contribution is -2.43. The molecule has 1 fully saturated rings. The molecule has 1 saturated heterocycles. The van der Waals surface area contributed by atoms with Crippen LogP contribution in [0.4, 0.5) is 0 Å². The van der Waals surface area contributed by atoms with Crippen molar-refractivity contribution in [3.05, 3.63) is 42.5 Å². The van der Waals surface area contributed by atoms with E-state index in [0.29, 0.717) is 6.54 Å². The van der Waals surface area contributed by atoms with Crippen molar-refractivity contribution < 1.29 is 16.8 Å². The number of hydrogen-bond acceptors (Lipinski definition) is 5. The van der Waals surface area contributed by atoms with Crippen molar-refractivity contribution in [1.82, 2.24) is 5.32 Å². The van der Waals surface area contributed by atoms with E-state index in [1.807, 2.05) is 6.92 Å². The minimum Gasteiger partial charge on any atom is -0.308 e. The largest absolute Gasteiger partial charge is 0.308 e. The monoisotopic (exact) mass is 343 g/mol. The van der Waals surface area contributed by atoms with Crippen LogP contribution in [0, 0.1) is 0 Å². The average molecular weight is 343 g/mol. The first kappa shape index (κ1) is 17.2. The summed E-state index contributed by atoms with van der Waals surface area (Å²) in [5, 5.41) is 2.01. The first-order valence-corrected chi connectivity index (χ1v) is 10.5. The summed E-state index contributed by atoms with van der Waals surface area (Å²) in [7, 11) is -7.05. The molecular weight excluding hydrogens is 322 g/mol. The smallest absolute Gasteiger partial charge is 0.183 e. The predicted molar refractivity (Wildman–Crippen MR) is 87.4 cm³/mol. The minimum absolute atomic E-state index is 0.155. The Morgan fingerprint density at radius 1 is 1.27 bits per heavy atom. The topological polar surface area (TPSA) is 80.3 Å². The Kier molecular flexibility index (Phi) is 5.09. The minimum atomic E-state index is -3.69. The zero-order chi connectivity index (χ0) is 16.4. The van der Waals surface area contributed by atoms with Crippen LogP contribution in [0.25, 0.3) is 0 Å². The number of aryl methyl sites for hydroxylation is 1. The summed E-state index contributed by atoms with van der Waals surface area (Å²) in [6.07, 6.45) is 2.41. The summed E-state index contributed by atoms with van der Waals surface area (Å²) in [5.41, 5.74) is 1.04. The van der Waals surface area contributed by atoms with Crippen LogP contribution < -0.4 is 5.32 Å². The van der Waals surface area contributed by atoms with E-state index in [9.17, 15) is 16.8 Å². The Morgan fingerprint density at radius 3 is 2.45 bits per heavy atom. The van der Waals surface area contributed by atoms with Gasteiger partial charge in [0.05, 0.1) is 21.7 Å². The molecule has 5 nitrogen and oxygen atoms in total. The van der Waals surface area contributed by atoms with Crippen LogP contribution >= 0.6 is 0 Å². The molecule has 0 bridgehead atoms. The van der Waals surface area contributed by atoms with E-state index in [2.05, 4.69) is 11.9 Å². The molecule has 122 valence electrons. The van der Waals surface area contributed by atoms with Crippen molar-refractivity contribution in [2.24, 2.45) is 0 Å². The molecule has 1 aliphatic rings. The maximum atomic E-state index is 12.8. The average Bonchev–Trinajstić information content (AvgIpc) is 2.81. The van der Waals surface area contributed by atoms with Crippen LogP contribution in [0.5, 0.6) is 0 Å². The molecule has 0 aliphatic carbocycles. The SMILES string of the molecule is C=CCNC1CS(=O)(=O)CC1S(=O)(=O)c1ccc(CC)cc1. The summed E-state index contributed by atoms with van der Waals surface area (Å²) in [6, 6.07) is 6.05. The van der Waals surface area contributed by atoms with E-state index in [0.717, 1.165) is 12.0 Å². The second kappa shape index (κ2) is 6.52. The molecule has 0 radical (unpaired) electrons. The fraction of sp³-hybridized carbons (Fsp3) is 0.467. The molecule has 1 aromatic rings. The van der Waals surface area contributed by atoms with Gasteiger partial charge in [0, 0.05) is 12.6 Å². The van der Waals surface area contributed by atoms with E-state index < -0.39 is 31.0 Å². The van der Waals surface area contributed by atoms with Gasteiger partial charge in [-0.1, -0.05) is 25.1 Å². The third-order valence-electron chi connectivity index (χ3n) is 3.88. The molecule has 2 unspecified atom stereocenters. The van der Waals surface area contributed by atoms with Gasteiger partial charge in [-0.05, 0) is 24.1 Å². The van der Waals surface area contributed by atoms with Crippen LogP contribution in [-0.4, -0.2) is 46.2 Å². The normalized spacial score (nSPS) is 24.2. The Balaban J connectivity index is 2.34. The van der Waals surface area contributed by atoms with Crippen LogP contribution in [0.1, 0.15) is 12.5 Å². The number of hydrogen-bond donors (Lipinski definition) is 1. The first-order chi connectivity index (χ1) is 10.3. The van der Waals surface area contributed by atoms with Gasteiger partial charge in [0.1, 0.15) is 0 Å². The van der Waals surface area contributed by atoms with Crippen LogP contribution in [-0.2, 0) is 26.1 Å². The number of nitrogens with one attached hydrogen (secondary N) is 1. The van der Waals surface area contributed by atoms with E-state index in [4.69, 9.17) is 0 Å². The molecule has 0 aromatic heterocycles. The zero-order valence-electron chi connectivity index (χ0n) is 12.5. The molecular formula is C15H21NO4S2. The standard InChI is InChI=1S/C15H21NO4S2/c1-3-9-16-14-10-21(17,18)11-15(14)22(19,20)13-7-5-12(4-2)6-8-13/h3,5-8,14-16H,1,4,9-11H2,2H3. The van der Waals surface area contributed by atoms with Crippen molar-refractivity contribution in [3.63, 3.8) is 0 Å². The first-order valence-electron chi connectivity index (χ1n) is 7.17. The second-order valence-electron chi connectivity index (χ2n) is 5.46. The highest BCUT2D eigenvalue weighted by Gasteiger charge is 2.45. The molecule has 1 aromatic carbocycles. The maximum Gasteiger partial charge on any atom is 0.183 e. The Labute approximate surface area is 132 Å². The van der Waals surface area contributed by atoms with E-state index in [1.54, 1.807) is 30.3 Å². The summed E-state index contributed by atoms with van der Waals surface area (Å²) in [4.78, 5) is 0.178. The van der Waals surface area contributed by atoms with Crippen molar-refractivity contribution >= 4 is 19.7 Å². The molecule has 2 rings (SSSR count). The number of benzene rings is 1. The molecule has 0 spiro atoms. The fourth-order valence-electron chi connectivity index (χ4n) is 2.64. The maximum absolute atomic E-state index is 12.8. The van der Waals surface area contributed by atoms with Gasteiger partial charge in [0.25, 0.3) is 0 Å². The van der Waals surface area contributed by atoms with Crippen molar-refractivity contribution in [2.45, 2.75) is 29.5 Å². The highest BCUT2D eigenvalue weighted by Crippen LogP contribution is 2.26. The lowest BCUT2D eigenvalue weighted by molar-refractivity contribution is 0.544. The summed E-state index contributed by atoms with van der Waals surface area (Å²) in [6.45, 7) is 5.93. The summed E-state index contributed by atoms with van der Waals surface area (Å²) >= 11 is 0. The highest BCUT2D eigenvalue weighted by atomic mass is 32.2. The molecule has 1 heterocycles. The Hall–Kier alpha value is -1.18. The summed E-state index contributed by atoms with van der Waals surface area (Å²) in [5.74, 6) is -0.489. The second-order valence-corrected chi connectivity index (χ2v) is 9.78.